The van der Waals surface area contributed by atoms with E-state index >= 15 is 0 Å². The van der Waals surface area contributed by atoms with Gasteiger partial charge in [0.15, 0.2) is 0 Å². The Kier molecular flexibility index (Phi) is 5.26. The summed E-state index contributed by atoms with van der Waals surface area (Å²) in [6, 6.07) is 16.4. The third-order valence-electron chi connectivity index (χ3n) is 3.48. The molecule has 0 saturated heterocycles. The lowest BCUT2D eigenvalue weighted by Gasteiger charge is -2.06. The molecule has 1 heterocycles. The Morgan fingerprint density at radius 2 is 2.00 bits per heavy atom. The Bertz CT molecular complexity index is 890. The number of rotatable bonds is 5. The Hall–Kier alpha value is -2.92. The predicted molar refractivity (Wildman–Crippen MR) is 96.8 cm³/mol. The molecule has 0 aliphatic carbocycles. The van der Waals surface area contributed by atoms with Gasteiger partial charge in [0.05, 0.1) is 0 Å². The molecule has 0 saturated carbocycles. The SMILES string of the molecule is C[C@H](NC(=O)/C=C/c1ccccc1)c1nc(-c2cccc(Cl)c2)no1. The maximum atomic E-state index is 12.0. The molecule has 1 amide bonds. The quantitative estimate of drug-likeness (QED) is 0.695. The number of aromatic nitrogens is 2. The summed E-state index contributed by atoms with van der Waals surface area (Å²) in [5, 5.41) is 7.32. The van der Waals surface area contributed by atoms with Gasteiger partial charge in [-0.3, -0.25) is 4.79 Å². The molecule has 25 heavy (non-hydrogen) atoms. The summed E-state index contributed by atoms with van der Waals surface area (Å²) in [7, 11) is 0. The van der Waals surface area contributed by atoms with Gasteiger partial charge in [0.2, 0.25) is 17.6 Å². The van der Waals surface area contributed by atoms with Crippen LogP contribution in [0, 0.1) is 0 Å². The average Bonchev–Trinajstić information content (AvgIpc) is 3.11. The number of halogens is 1. The number of benzene rings is 2. The summed E-state index contributed by atoms with van der Waals surface area (Å²) < 4.78 is 5.24. The van der Waals surface area contributed by atoms with Gasteiger partial charge in [-0.1, -0.05) is 59.2 Å². The molecule has 5 nitrogen and oxygen atoms in total. The van der Waals surface area contributed by atoms with Crippen LogP contribution < -0.4 is 5.32 Å². The number of hydrogen-bond donors (Lipinski definition) is 1. The maximum Gasteiger partial charge on any atom is 0.249 e. The van der Waals surface area contributed by atoms with Crippen LogP contribution in [0.4, 0.5) is 0 Å². The molecule has 1 aromatic heterocycles. The van der Waals surface area contributed by atoms with Gasteiger partial charge in [0, 0.05) is 16.7 Å². The molecule has 0 spiro atoms. The summed E-state index contributed by atoms with van der Waals surface area (Å²) in [5.41, 5.74) is 1.70. The Morgan fingerprint density at radius 1 is 1.20 bits per heavy atom. The van der Waals surface area contributed by atoms with Gasteiger partial charge >= 0.3 is 0 Å². The van der Waals surface area contributed by atoms with Gasteiger partial charge in [-0.25, -0.2) is 0 Å². The van der Waals surface area contributed by atoms with Gasteiger partial charge in [-0.05, 0) is 30.7 Å². The van der Waals surface area contributed by atoms with E-state index in [9.17, 15) is 4.79 Å². The summed E-state index contributed by atoms with van der Waals surface area (Å²) in [4.78, 5) is 16.3. The zero-order valence-corrected chi connectivity index (χ0v) is 14.3. The highest BCUT2D eigenvalue weighted by Crippen LogP contribution is 2.21. The van der Waals surface area contributed by atoms with E-state index in [0.29, 0.717) is 16.7 Å². The van der Waals surface area contributed by atoms with E-state index in [-0.39, 0.29) is 5.91 Å². The number of nitrogens with zero attached hydrogens (tertiary/aromatic N) is 2. The second-order valence-corrected chi connectivity index (χ2v) is 5.88. The fourth-order valence-corrected chi connectivity index (χ4v) is 2.41. The number of carbonyl (C=O) groups is 1. The van der Waals surface area contributed by atoms with Crippen LogP contribution in [0.2, 0.25) is 5.02 Å². The van der Waals surface area contributed by atoms with E-state index in [4.69, 9.17) is 16.1 Å². The van der Waals surface area contributed by atoms with Crippen molar-refractivity contribution in [2.45, 2.75) is 13.0 Å². The second kappa shape index (κ2) is 7.77. The lowest BCUT2D eigenvalue weighted by Crippen LogP contribution is -2.24. The van der Waals surface area contributed by atoms with Crippen LogP contribution in [0.3, 0.4) is 0 Å². The van der Waals surface area contributed by atoms with Gasteiger partial charge in [0.25, 0.3) is 0 Å². The van der Waals surface area contributed by atoms with Crippen LogP contribution in [-0.4, -0.2) is 16.0 Å². The van der Waals surface area contributed by atoms with Crippen molar-refractivity contribution in [1.82, 2.24) is 15.5 Å². The molecule has 0 bridgehead atoms. The molecular weight excluding hydrogens is 338 g/mol. The third-order valence-corrected chi connectivity index (χ3v) is 3.72. The first-order chi connectivity index (χ1) is 12.1. The standard InChI is InChI=1S/C19H16ClN3O2/c1-13(21-17(24)11-10-14-6-3-2-4-7-14)19-22-18(23-25-19)15-8-5-9-16(20)12-15/h2-13H,1H3,(H,21,24)/b11-10+/t13-/m0/s1. The highest BCUT2D eigenvalue weighted by atomic mass is 35.5. The van der Waals surface area contributed by atoms with Crippen molar-refractivity contribution in [2.75, 3.05) is 0 Å². The van der Waals surface area contributed by atoms with Crippen molar-refractivity contribution in [3.63, 3.8) is 0 Å². The topological polar surface area (TPSA) is 68.0 Å². The van der Waals surface area contributed by atoms with E-state index in [2.05, 4.69) is 15.5 Å². The molecule has 126 valence electrons. The molecular formula is C19H16ClN3O2. The van der Waals surface area contributed by atoms with Crippen LogP contribution >= 0.6 is 11.6 Å². The van der Waals surface area contributed by atoms with Crippen LogP contribution in [0.1, 0.15) is 24.4 Å². The Balaban J connectivity index is 1.64. The highest BCUT2D eigenvalue weighted by molar-refractivity contribution is 6.30. The molecule has 2 aromatic carbocycles. The zero-order valence-electron chi connectivity index (χ0n) is 13.5. The molecule has 1 N–H and O–H groups in total. The van der Waals surface area contributed by atoms with Crippen molar-refractivity contribution in [3.8, 4) is 11.4 Å². The van der Waals surface area contributed by atoms with E-state index in [1.807, 2.05) is 42.5 Å². The fourth-order valence-electron chi connectivity index (χ4n) is 2.22. The van der Waals surface area contributed by atoms with Crippen molar-refractivity contribution >= 4 is 23.6 Å². The molecule has 0 aliphatic rings. The van der Waals surface area contributed by atoms with Crippen molar-refractivity contribution in [1.29, 1.82) is 0 Å². The summed E-state index contributed by atoms with van der Waals surface area (Å²) in [5.74, 6) is 0.522. The molecule has 0 aliphatic heterocycles. The van der Waals surface area contributed by atoms with Crippen molar-refractivity contribution in [3.05, 3.63) is 77.2 Å². The smallest absolute Gasteiger partial charge is 0.249 e. The number of amides is 1. The first-order valence-electron chi connectivity index (χ1n) is 7.75. The summed E-state index contributed by atoms with van der Waals surface area (Å²) in [6.45, 7) is 1.78. The summed E-state index contributed by atoms with van der Waals surface area (Å²) >= 11 is 5.97. The first-order valence-corrected chi connectivity index (χ1v) is 8.13. The van der Waals surface area contributed by atoms with Crippen molar-refractivity contribution < 1.29 is 9.32 Å². The molecule has 3 aromatic rings. The van der Waals surface area contributed by atoms with E-state index < -0.39 is 6.04 Å². The van der Waals surface area contributed by atoms with E-state index in [1.165, 1.54) is 6.08 Å². The second-order valence-electron chi connectivity index (χ2n) is 5.44. The number of hydrogen-bond acceptors (Lipinski definition) is 4. The molecule has 0 unspecified atom stereocenters. The van der Waals surface area contributed by atoms with Gasteiger partial charge < -0.3 is 9.84 Å². The Morgan fingerprint density at radius 3 is 2.76 bits per heavy atom. The summed E-state index contributed by atoms with van der Waals surface area (Å²) in [6.07, 6.45) is 3.22. The zero-order chi connectivity index (χ0) is 17.6. The molecule has 1 atom stereocenters. The molecule has 3 rings (SSSR count). The molecule has 0 fully saturated rings. The maximum absolute atomic E-state index is 12.0. The average molecular weight is 354 g/mol. The monoisotopic (exact) mass is 353 g/mol. The van der Waals surface area contributed by atoms with Crippen LogP contribution in [0.25, 0.3) is 17.5 Å². The van der Waals surface area contributed by atoms with Crippen LogP contribution in [0.5, 0.6) is 0 Å². The Labute approximate surface area is 150 Å². The third kappa shape index (κ3) is 4.55. The van der Waals surface area contributed by atoms with Crippen LogP contribution in [-0.2, 0) is 4.79 Å². The fraction of sp³-hybridized carbons (Fsp3) is 0.105. The number of nitrogens with one attached hydrogen (secondary N) is 1. The normalized spacial score (nSPS) is 12.2. The minimum Gasteiger partial charge on any atom is -0.341 e. The van der Waals surface area contributed by atoms with Gasteiger partial charge in [-0.15, -0.1) is 0 Å². The van der Waals surface area contributed by atoms with E-state index in [1.54, 1.807) is 25.1 Å². The minimum absolute atomic E-state index is 0.237. The lowest BCUT2D eigenvalue weighted by atomic mass is 10.2. The van der Waals surface area contributed by atoms with Gasteiger partial charge in [-0.2, -0.15) is 4.98 Å². The highest BCUT2D eigenvalue weighted by Gasteiger charge is 2.16. The predicted octanol–water partition coefficient (Wildman–Crippen LogP) is 4.28. The number of carbonyl (C=O) groups excluding carboxylic acids is 1. The van der Waals surface area contributed by atoms with Crippen molar-refractivity contribution in [2.24, 2.45) is 0 Å². The van der Waals surface area contributed by atoms with Crippen LogP contribution in [0.15, 0.2) is 65.2 Å². The lowest BCUT2D eigenvalue weighted by molar-refractivity contribution is -0.117. The van der Waals surface area contributed by atoms with Gasteiger partial charge in [0.1, 0.15) is 6.04 Å². The molecule has 6 heteroatoms. The molecule has 0 radical (unpaired) electrons. The van der Waals surface area contributed by atoms with E-state index in [0.717, 1.165) is 11.1 Å². The first kappa shape index (κ1) is 16.9. The minimum atomic E-state index is -0.409. The largest absolute Gasteiger partial charge is 0.341 e.